The fourth-order valence-corrected chi connectivity index (χ4v) is 3.83. The number of aromatic nitrogens is 3. The normalized spacial score (nSPS) is 10.3. The highest BCUT2D eigenvalue weighted by atomic mass is 16.5. The maximum Gasteiger partial charge on any atom is 0.404 e. The summed E-state index contributed by atoms with van der Waals surface area (Å²) in [6.45, 7) is 2.51. The van der Waals surface area contributed by atoms with Gasteiger partial charge < -0.3 is 31.2 Å². The minimum absolute atomic E-state index is 0.00300. The molecule has 2 aromatic heterocycles. The van der Waals surface area contributed by atoms with Crippen LogP contribution in [0.3, 0.4) is 0 Å². The lowest BCUT2D eigenvalue weighted by atomic mass is 10.1. The van der Waals surface area contributed by atoms with E-state index in [0.717, 1.165) is 17.0 Å². The van der Waals surface area contributed by atoms with Crippen molar-refractivity contribution in [2.75, 3.05) is 23.4 Å². The third-order valence-electron chi connectivity index (χ3n) is 5.87. The number of rotatable bonds is 10. The fourth-order valence-electron chi connectivity index (χ4n) is 3.83. The lowest BCUT2D eigenvalue weighted by molar-refractivity contribution is -0.136. The summed E-state index contributed by atoms with van der Waals surface area (Å²) in [4.78, 5) is 44.3. The predicted octanol–water partition coefficient (Wildman–Crippen LogP) is 3.09. The van der Waals surface area contributed by atoms with Crippen LogP contribution < -0.4 is 21.7 Å². The van der Waals surface area contributed by atoms with Crippen LogP contribution in [0.25, 0.3) is 11.0 Å². The van der Waals surface area contributed by atoms with E-state index in [0.29, 0.717) is 35.6 Å². The van der Waals surface area contributed by atoms with Gasteiger partial charge in [-0.25, -0.2) is 14.8 Å². The average molecular weight is 561 g/mol. The van der Waals surface area contributed by atoms with Gasteiger partial charge in [-0.15, -0.1) is 0 Å². The number of fused-ring (bicyclic) bond motifs is 1. The third-order valence-corrected chi connectivity index (χ3v) is 5.87. The van der Waals surface area contributed by atoms with Crippen LogP contribution >= 0.6 is 0 Å². The van der Waals surface area contributed by atoms with Gasteiger partial charge in [0.15, 0.2) is 0 Å². The van der Waals surface area contributed by atoms with Gasteiger partial charge >= 0.3 is 12.1 Å². The molecule has 0 radical (unpaired) electrons. The largest absolute Gasteiger partial charge is 0.481 e. The molecule has 0 fully saturated rings. The first kappa shape index (κ1) is 30.1. The van der Waals surface area contributed by atoms with Crippen molar-refractivity contribution >= 4 is 46.3 Å². The van der Waals surface area contributed by atoms with Gasteiger partial charge in [-0.2, -0.15) is 0 Å². The number of nitrogen functional groups attached to an aromatic ring is 1. The van der Waals surface area contributed by atoms with E-state index in [2.05, 4.69) is 25.8 Å². The van der Waals surface area contributed by atoms with Gasteiger partial charge in [-0.1, -0.05) is 6.07 Å². The summed E-state index contributed by atoms with van der Waals surface area (Å²) in [6, 6.07) is 17.6. The molecule has 0 saturated carbocycles. The molecule has 2 amide bonds. The zero-order chi connectivity index (χ0) is 29.9. The minimum atomic E-state index is -0.994. The number of carboxylic acid groups (broad SMARTS) is 1. The number of benzene rings is 2. The highest BCUT2D eigenvalue weighted by Crippen LogP contribution is 2.21. The van der Waals surface area contributed by atoms with Crippen LogP contribution in [0.15, 0.2) is 66.9 Å². The number of hydrogen-bond donors (Lipinski definition) is 5. The van der Waals surface area contributed by atoms with Crippen molar-refractivity contribution in [3.8, 4) is 0 Å². The maximum absolute atomic E-state index is 13.3. The Hall–Kier alpha value is -5.46. The monoisotopic (exact) mass is 560 g/mol. The van der Waals surface area contributed by atoms with Gasteiger partial charge in [-0.05, 0) is 61.5 Å². The lowest BCUT2D eigenvalue weighted by Crippen LogP contribution is -2.33. The molecule has 214 valence electrons. The number of carbonyl (C=O) groups excluding carboxylic acids is 2. The first-order chi connectivity index (χ1) is 19.6. The first-order valence-corrected chi connectivity index (χ1v) is 12.6. The van der Waals surface area contributed by atoms with Crippen molar-refractivity contribution in [2.24, 2.45) is 18.5 Å². The summed E-state index contributed by atoms with van der Waals surface area (Å²) >= 11 is 0. The van der Waals surface area contributed by atoms with E-state index in [1.54, 1.807) is 55.6 Å². The number of amides is 2. The number of imidazole rings is 1. The van der Waals surface area contributed by atoms with Crippen LogP contribution in [0, 0.1) is 5.41 Å². The van der Waals surface area contributed by atoms with Gasteiger partial charge in [0.05, 0.1) is 30.6 Å². The summed E-state index contributed by atoms with van der Waals surface area (Å²) in [7, 11) is 1.90. The molecule has 13 heteroatoms. The van der Waals surface area contributed by atoms with Gasteiger partial charge in [0, 0.05) is 36.6 Å². The molecule has 0 unspecified atom stereocenters. The number of anilines is 2. The highest BCUT2D eigenvalue weighted by molar-refractivity contribution is 6.07. The second kappa shape index (κ2) is 14.1. The Bertz CT molecular complexity index is 1520. The Morgan fingerprint density at radius 2 is 1.78 bits per heavy atom. The van der Waals surface area contributed by atoms with Crippen LogP contribution in [0.5, 0.6) is 0 Å². The molecule has 13 nitrogen and oxygen atoms in total. The second-order valence-electron chi connectivity index (χ2n) is 8.68. The van der Waals surface area contributed by atoms with E-state index in [1.165, 1.54) is 4.90 Å². The Labute approximate surface area is 236 Å². The van der Waals surface area contributed by atoms with Gasteiger partial charge in [0.2, 0.25) is 0 Å². The van der Waals surface area contributed by atoms with Crippen LogP contribution in [-0.2, 0) is 23.1 Å². The molecular formula is C28H32N8O5. The minimum Gasteiger partial charge on any atom is -0.481 e. The summed E-state index contributed by atoms with van der Waals surface area (Å²) in [5, 5.41) is 19.9. The Kier molecular flexibility index (Phi) is 10.3. The van der Waals surface area contributed by atoms with E-state index in [-0.39, 0.29) is 24.7 Å². The van der Waals surface area contributed by atoms with Crippen molar-refractivity contribution in [3.05, 3.63) is 83.8 Å². The van der Waals surface area contributed by atoms with Crippen LogP contribution in [0.4, 0.5) is 16.3 Å². The number of hydrogen-bond acceptors (Lipinski definition) is 8. The molecule has 0 atom stereocenters. The molecule has 4 aromatic rings. The fraction of sp³-hybridized carbons (Fsp3) is 0.214. The molecule has 0 bridgehead atoms. The summed E-state index contributed by atoms with van der Waals surface area (Å²) < 4.78 is 6.13. The molecule has 7 N–H and O–H groups in total. The number of nitrogens with zero attached hydrogens (tertiary/aromatic N) is 4. The topological polar surface area (TPSA) is 203 Å². The number of aliphatic carboxylic acids is 1. The number of nitrogens with one attached hydrogen (secondary N) is 2. The molecule has 0 aliphatic heterocycles. The van der Waals surface area contributed by atoms with Gasteiger partial charge in [0.1, 0.15) is 17.5 Å². The molecular weight excluding hydrogens is 528 g/mol. The number of nitrogens with two attached hydrogens (primary N) is 2. The van der Waals surface area contributed by atoms with Crippen molar-refractivity contribution in [1.29, 1.82) is 5.41 Å². The van der Waals surface area contributed by atoms with Gasteiger partial charge in [0.25, 0.3) is 5.91 Å². The van der Waals surface area contributed by atoms with Crippen LogP contribution in [0.2, 0.25) is 0 Å². The Morgan fingerprint density at radius 3 is 2.34 bits per heavy atom. The standard InChI is InChI=1S/C25H25N7O3.C3H7NO2/c1-31-20-10-7-17(25(35)32(13-11-23(33)34)21-4-2-3-12-28-21)14-19(20)30-22(31)15-29-18-8-5-16(6-9-18)24(26)27;1-2-6-3(4)5/h2-10,12,14,29H,11,13,15H2,1H3,(H3,26,27)(H,33,34);2H2,1H3,(H2,4,5). The van der Waals surface area contributed by atoms with Crippen molar-refractivity contribution in [2.45, 2.75) is 19.9 Å². The first-order valence-electron chi connectivity index (χ1n) is 12.6. The molecule has 4 rings (SSSR count). The molecule has 41 heavy (non-hydrogen) atoms. The summed E-state index contributed by atoms with van der Waals surface area (Å²) in [6.07, 6.45) is 0.653. The van der Waals surface area contributed by atoms with Crippen LogP contribution in [0.1, 0.15) is 35.1 Å². The van der Waals surface area contributed by atoms with Crippen molar-refractivity contribution in [1.82, 2.24) is 14.5 Å². The van der Waals surface area contributed by atoms with E-state index < -0.39 is 12.1 Å². The molecule has 2 heterocycles. The molecule has 0 spiro atoms. The lowest BCUT2D eigenvalue weighted by Gasteiger charge is -2.21. The number of primary amides is 1. The quantitative estimate of drug-likeness (QED) is 0.143. The maximum atomic E-state index is 13.3. The van der Waals surface area contributed by atoms with Crippen molar-refractivity contribution < 1.29 is 24.2 Å². The molecule has 0 aliphatic carbocycles. The molecule has 0 saturated heterocycles. The average Bonchev–Trinajstić information content (AvgIpc) is 3.27. The van der Waals surface area contributed by atoms with Gasteiger partial charge in [-0.3, -0.25) is 19.9 Å². The van der Waals surface area contributed by atoms with Crippen LogP contribution in [-0.4, -0.2) is 56.6 Å². The molecule has 2 aromatic carbocycles. The Balaban J connectivity index is 0.000000696. The smallest absolute Gasteiger partial charge is 0.404 e. The van der Waals surface area contributed by atoms with E-state index >= 15 is 0 Å². The zero-order valence-corrected chi connectivity index (χ0v) is 22.7. The summed E-state index contributed by atoms with van der Waals surface area (Å²) in [5.41, 5.74) is 13.5. The number of pyridine rings is 1. The SMILES string of the molecule is CCOC(N)=O.Cn1c(CNc2ccc(C(=N)N)cc2)nc2cc(C(=O)N(CCC(=O)O)c3ccccn3)ccc21. The van der Waals surface area contributed by atoms with Crippen molar-refractivity contribution in [3.63, 3.8) is 0 Å². The second-order valence-corrected chi connectivity index (χ2v) is 8.68. The molecule has 0 aliphatic rings. The highest BCUT2D eigenvalue weighted by Gasteiger charge is 2.21. The number of aryl methyl sites for hydroxylation is 1. The number of ether oxygens (including phenoxy) is 1. The third kappa shape index (κ3) is 8.26. The van der Waals surface area contributed by atoms with E-state index in [9.17, 15) is 14.4 Å². The van der Waals surface area contributed by atoms with E-state index in [1.807, 2.05) is 29.8 Å². The summed E-state index contributed by atoms with van der Waals surface area (Å²) in [5.74, 6) is -0.162. The van der Waals surface area contributed by atoms with E-state index in [4.69, 9.17) is 16.2 Å². The zero-order valence-electron chi connectivity index (χ0n) is 22.7. The number of amidine groups is 1. The predicted molar refractivity (Wildman–Crippen MR) is 155 cm³/mol. The Morgan fingerprint density at radius 1 is 1.07 bits per heavy atom. The number of carboxylic acids is 1. The number of carbonyl (C=O) groups is 3.